The van der Waals surface area contributed by atoms with Crippen molar-refractivity contribution in [2.24, 2.45) is 0 Å². The van der Waals surface area contributed by atoms with E-state index in [1.165, 1.54) is 6.07 Å². The molecular formula is C14H19FN2O. The topological polar surface area (TPSA) is 41.1 Å². The molecule has 3 nitrogen and oxygen atoms in total. The zero-order valence-electron chi connectivity index (χ0n) is 10.8. The lowest BCUT2D eigenvalue weighted by molar-refractivity contribution is 0.0921. The van der Waals surface area contributed by atoms with Gasteiger partial charge in [0.05, 0.1) is 5.56 Å². The summed E-state index contributed by atoms with van der Waals surface area (Å²) in [5, 5.41) is 6.23. The third-order valence-corrected chi connectivity index (χ3v) is 3.33. The summed E-state index contributed by atoms with van der Waals surface area (Å²) in [5.41, 5.74) is 0.950. The smallest absolute Gasteiger partial charge is 0.254 e. The Labute approximate surface area is 107 Å². The number of amides is 1. The van der Waals surface area contributed by atoms with Crippen LogP contribution in [0.4, 0.5) is 4.39 Å². The SMILES string of the molecule is Cc1ccc(C(=O)NC2CCNC(C)C2)c(F)c1. The minimum absolute atomic E-state index is 0.131. The van der Waals surface area contributed by atoms with Crippen molar-refractivity contribution in [1.29, 1.82) is 0 Å². The normalized spacial score (nSPS) is 23.7. The monoisotopic (exact) mass is 250 g/mol. The quantitative estimate of drug-likeness (QED) is 0.843. The highest BCUT2D eigenvalue weighted by molar-refractivity contribution is 5.94. The van der Waals surface area contributed by atoms with E-state index in [2.05, 4.69) is 17.6 Å². The van der Waals surface area contributed by atoms with Crippen LogP contribution in [0.3, 0.4) is 0 Å². The molecule has 0 aliphatic carbocycles. The van der Waals surface area contributed by atoms with Crippen LogP contribution in [-0.2, 0) is 0 Å². The largest absolute Gasteiger partial charge is 0.349 e. The Balaban J connectivity index is 2.03. The summed E-state index contributed by atoms with van der Waals surface area (Å²) >= 11 is 0. The first-order valence-corrected chi connectivity index (χ1v) is 6.36. The van der Waals surface area contributed by atoms with E-state index in [4.69, 9.17) is 0 Å². The Hall–Kier alpha value is -1.42. The lowest BCUT2D eigenvalue weighted by Gasteiger charge is -2.28. The van der Waals surface area contributed by atoms with Gasteiger partial charge in [0.15, 0.2) is 0 Å². The van der Waals surface area contributed by atoms with E-state index >= 15 is 0 Å². The number of carbonyl (C=O) groups is 1. The van der Waals surface area contributed by atoms with Crippen LogP contribution in [0.25, 0.3) is 0 Å². The van der Waals surface area contributed by atoms with Crippen molar-refractivity contribution in [3.63, 3.8) is 0 Å². The first kappa shape index (κ1) is 13.0. The van der Waals surface area contributed by atoms with Crippen LogP contribution >= 0.6 is 0 Å². The average Bonchev–Trinajstić information content (AvgIpc) is 2.28. The molecular weight excluding hydrogens is 231 g/mol. The predicted octanol–water partition coefficient (Wildman–Crippen LogP) is 2.00. The number of hydrogen-bond donors (Lipinski definition) is 2. The third kappa shape index (κ3) is 3.07. The summed E-state index contributed by atoms with van der Waals surface area (Å²) in [6.07, 6.45) is 1.78. The van der Waals surface area contributed by atoms with Crippen molar-refractivity contribution >= 4 is 5.91 Å². The van der Waals surface area contributed by atoms with Gasteiger partial charge in [-0.25, -0.2) is 4.39 Å². The zero-order valence-corrected chi connectivity index (χ0v) is 10.8. The fourth-order valence-corrected chi connectivity index (χ4v) is 2.33. The molecule has 2 N–H and O–H groups in total. The number of rotatable bonds is 2. The van der Waals surface area contributed by atoms with E-state index in [1.54, 1.807) is 19.1 Å². The maximum absolute atomic E-state index is 13.7. The summed E-state index contributed by atoms with van der Waals surface area (Å²) < 4.78 is 13.7. The fourth-order valence-electron chi connectivity index (χ4n) is 2.33. The van der Waals surface area contributed by atoms with Crippen molar-refractivity contribution in [3.8, 4) is 0 Å². The van der Waals surface area contributed by atoms with Crippen molar-refractivity contribution in [1.82, 2.24) is 10.6 Å². The number of halogens is 1. The molecule has 4 heteroatoms. The minimum atomic E-state index is -0.450. The number of carbonyl (C=O) groups excluding carboxylic acids is 1. The van der Waals surface area contributed by atoms with Crippen molar-refractivity contribution in [2.75, 3.05) is 6.54 Å². The van der Waals surface area contributed by atoms with E-state index in [0.717, 1.165) is 24.9 Å². The molecule has 98 valence electrons. The number of aryl methyl sites for hydroxylation is 1. The number of hydrogen-bond acceptors (Lipinski definition) is 2. The molecule has 1 amide bonds. The molecule has 0 radical (unpaired) electrons. The standard InChI is InChI=1S/C14H19FN2O/c1-9-3-4-12(13(15)7-9)14(18)17-11-5-6-16-10(2)8-11/h3-4,7,10-11,16H,5-6,8H2,1-2H3,(H,17,18). The second-order valence-corrected chi connectivity index (χ2v) is 5.03. The Bertz CT molecular complexity index is 447. The Morgan fingerprint density at radius 1 is 1.50 bits per heavy atom. The molecule has 1 saturated heterocycles. The zero-order chi connectivity index (χ0) is 13.1. The summed E-state index contributed by atoms with van der Waals surface area (Å²) in [7, 11) is 0. The van der Waals surface area contributed by atoms with E-state index in [1.807, 2.05) is 0 Å². The fraction of sp³-hybridized carbons (Fsp3) is 0.500. The number of nitrogens with one attached hydrogen (secondary N) is 2. The van der Waals surface area contributed by atoms with E-state index in [9.17, 15) is 9.18 Å². The molecule has 1 aromatic carbocycles. The van der Waals surface area contributed by atoms with Gasteiger partial charge in [0.1, 0.15) is 5.82 Å². The lowest BCUT2D eigenvalue weighted by atomic mass is 10.00. The molecule has 1 aliphatic rings. The molecule has 18 heavy (non-hydrogen) atoms. The highest BCUT2D eigenvalue weighted by Gasteiger charge is 2.21. The molecule has 1 aromatic rings. The lowest BCUT2D eigenvalue weighted by Crippen LogP contribution is -2.46. The Kier molecular flexibility index (Phi) is 3.97. The minimum Gasteiger partial charge on any atom is -0.349 e. The Morgan fingerprint density at radius 2 is 2.28 bits per heavy atom. The molecule has 0 aromatic heterocycles. The van der Waals surface area contributed by atoms with Gasteiger partial charge in [-0.1, -0.05) is 6.07 Å². The van der Waals surface area contributed by atoms with Gasteiger partial charge in [0, 0.05) is 12.1 Å². The molecule has 0 bridgehead atoms. The van der Waals surface area contributed by atoms with Gasteiger partial charge in [-0.05, 0) is 50.9 Å². The summed E-state index contributed by atoms with van der Waals surface area (Å²) in [4.78, 5) is 12.0. The number of benzene rings is 1. The second-order valence-electron chi connectivity index (χ2n) is 5.03. The molecule has 0 saturated carbocycles. The number of piperidine rings is 1. The van der Waals surface area contributed by atoms with Crippen LogP contribution in [-0.4, -0.2) is 24.5 Å². The first-order valence-electron chi connectivity index (χ1n) is 6.36. The van der Waals surface area contributed by atoms with Crippen LogP contribution in [0.5, 0.6) is 0 Å². The highest BCUT2D eigenvalue weighted by Crippen LogP contribution is 2.12. The van der Waals surface area contributed by atoms with Crippen molar-refractivity contribution in [3.05, 3.63) is 35.1 Å². The molecule has 2 atom stereocenters. The first-order chi connectivity index (χ1) is 8.56. The van der Waals surface area contributed by atoms with Crippen molar-refractivity contribution < 1.29 is 9.18 Å². The van der Waals surface area contributed by atoms with E-state index in [-0.39, 0.29) is 17.5 Å². The molecule has 2 unspecified atom stereocenters. The van der Waals surface area contributed by atoms with Gasteiger partial charge in [-0.2, -0.15) is 0 Å². The molecule has 1 heterocycles. The highest BCUT2D eigenvalue weighted by atomic mass is 19.1. The molecule has 1 fully saturated rings. The predicted molar refractivity (Wildman–Crippen MR) is 69.1 cm³/mol. The van der Waals surface area contributed by atoms with E-state index < -0.39 is 5.82 Å². The van der Waals surface area contributed by atoms with Crippen LogP contribution in [0, 0.1) is 12.7 Å². The average molecular weight is 250 g/mol. The van der Waals surface area contributed by atoms with Gasteiger partial charge >= 0.3 is 0 Å². The Morgan fingerprint density at radius 3 is 2.94 bits per heavy atom. The van der Waals surface area contributed by atoms with E-state index in [0.29, 0.717) is 6.04 Å². The maximum Gasteiger partial charge on any atom is 0.254 e. The van der Waals surface area contributed by atoms with Crippen molar-refractivity contribution in [2.45, 2.75) is 38.8 Å². The van der Waals surface area contributed by atoms with Crippen LogP contribution in [0.2, 0.25) is 0 Å². The van der Waals surface area contributed by atoms with Crippen LogP contribution in [0.1, 0.15) is 35.7 Å². The van der Waals surface area contributed by atoms with Gasteiger partial charge in [0.25, 0.3) is 5.91 Å². The second kappa shape index (κ2) is 5.48. The van der Waals surface area contributed by atoms with Crippen LogP contribution in [0.15, 0.2) is 18.2 Å². The molecule has 0 spiro atoms. The summed E-state index contributed by atoms with van der Waals surface area (Å²) in [5.74, 6) is -0.763. The van der Waals surface area contributed by atoms with Gasteiger partial charge in [-0.15, -0.1) is 0 Å². The summed E-state index contributed by atoms with van der Waals surface area (Å²) in [6, 6.07) is 5.22. The van der Waals surface area contributed by atoms with Gasteiger partial charge < -0.3 is 10.6 Å². The molecule has 2 rings (SSSR count). The maximum atomic E-state index is 13.7. The third-order valence-electron chi connectivity index (χ3n) is 3.33. The van der Waals surface area contributed by atoms with Crippen LogP contribution < -0.4 is 10.6 Å². The summed E-state index contributed by atoms with van der Waals surface area (Å²) in [6.45, 7) is 4.78. The molecule has 1 aliphatic heterocycles. The van der Waals surface area contributed by atoms with Gasteiger partial charge in [0.2, 0.25) is 0 Å². The van der Waals surface area contributed by atoms with Gasteiger partial charge in [-0.3, -0.25) is 4.79 Å².